The second-order valence-electron chi connectivity index (χ2n) is 6.32. The number of hydrogen-bond acceptors (Lipinski definition) is 5. The number of nitrogens with zero attached hydrogens (tertiary/aromatic N) is 4. The second-order valence-corrected chi connectivity index (χ2v) is 6.32. The summed E-state index contributed by atoms with van der Waals surface area (Å²) in [7, 11) is 0. The highest BCUT2D eigenvalue weighted by atomic mass is 16.5. The van der Waals surface area contributed by atoms with Gasteiger partial charge >= 0.3 is 0 Å². The molecule has 3 heterocycles. The van der Waals surface area contributed by atoms with E-state index in [0.29, 0.717) is 11.6 Å². The Balaban J connectivity index is 1.32. The Kier molecular flexibility index (Phi) is 3.83. The van der Waals surface area contributed by atoms with Crippen molar-refractivity contribution in [2.24, 2.45) is 0 Å². The normalized spacial score (nSPS) is 19.0. The van der Waals surface area contributed by atoms with Gasteiger partial charge in [0, 0.05) is 57.1 Å². The van der Waals surface area contributed by atoms with E-state index < -0.39 is 0 Å². The van der Waals surface area contributed by atoms with Crippen molar-refractivity contribution < 1.29 is 9.32 Å². The average Bonchev–Trinajstić information content (AvgIpc) is 3.33. The maximum Gasteiger partial charge on any atom is 0.276 e. The number of hydrogen-bond donors (Lipinski definition) is 0. The van der Waals surface area contributed by atoms with Crippen LogP contribution in [0.2, 0.25) is 0 Å². The zero-order valence-corrected chi connectivity index (χ0v) is 13.0. The van der Waals surface area contributed by atoms with Gasteiger partial charge in [-0.15, -0.1) is 0 Å². The van der Waals surface area contributed by atoms with Crippen molar-refractivity contribution in [1.29, 1.82) is 0 Å². The number of piperazine rings is 1. The first-order chi connectivity index (χ1) is 11.3. The molecule has 0 spiro atoms. The van der Waals surface area contributed by atoms with Crippen LogP contribution in [0.1, 0.15) is 40.6 Å². The Morgan fingerprint density at radius 2 is 2.09 bits per heavy atom. The zero-order valence-electron chi connectivity index (χ0n) is 13.0. The molecule has 4 rings (SSSR count). The third-order valence-electron chi connectivity index (χ3n) is 4.52. The lowest BCUT2D eigenvalue weighted by Crippen LogP contribution is -2.48. The number of carbonyl (C=O) groups is 1. The van der Waals surface area contributed by atoms with Gasteiger partial charge in [-0.05, 0) is 24.5 Å². The quantitative estimate of drug-likeness (QED) is 0.863. The van der Waals surface area contributed by atoms with E-state index in [4.69, 9.17) is 4.52 Å². The van der Waals surface area contributed by atoms with Crippen LogP contribution in [0.15, 0.2) is 35.1 Å². The zero-order chi connectivity index (χ0) is 15.6. The van der Waals surface area contributed by atoms with E-state index in [1.54, 1.807) is 6.20 Å². The molecule has 1 saturated heterocycles. The summed E-state index contributed by atoms with van der Waals surface area (Å²) in [6.45, 7) is 4.07. The van der Waals surface area contributed by atoms with Gasteiger partial charge in [0.25, 0.3) is 5.91 Å². The Morgan fingerprint density at radius 3 is 2.78 bits per heavy atom. The summed E-state index contributed by atoms with van der Waals surface area (Å²) < 4.78 is 5.29. The summed E-state index contributed by atoms with van der Waals surface area (Å²) in [6.07, 6.45) is 5.98. The van der Waals surface area contributed by atoms with Gasteiger partial charge in [-0.2, -0.15) is 0 Å². The van der Waals surface area contributed by atoms with Gasteiger partial charge in [-0.25, -0.2) is 0 Å². The molecule has 120 valence electrons. The number of carbonyl (C=O) groups excluding carboxylic acids is 1. The van der Waals surface area contributed by atoms with E-state index >= 15 is 0 Å². The minimum absolute atomic E-state index is 0.0123. The summed E-state index contributed by atoms with van der Waals surface area (Å²) in [5, 5.41) is 3.95. The molecule has 23 heavy (non-hydrogen) atoms. The summed E-state index contributed by atoms with van der Waals surface area (Å²) in [5.41, 5.74) is 1.66. The molecule has 0 aromatic carbocycles. The van der Waals surface area contributed by atoms with Gasteiger partial charge in [0.05, 0.1) is 0 Å². The molecule has 0 N–H and O–H groups in total. The average molecular weight is 312 g/mol. The highest BCUT2D eigenvalue weighted by Crippen LogP contribution is 2.40. The Hall–Kier alpha value is -2.21. The Labute approximate surface area is 135 Å². The van der Waals surface area contributed by atoms with E-state index in [2.05, 4.69) is 21.1 Å². The largest absolute Gasteiger partial charge is 0.360 e. The van der Waals surface area contributed by atoms with Crippen LogP contribution >= 0.6 is 0 Å². The lowest BCUT2D eigenvalue weighted by Gasteiger charge is -2.34. The van der Waals surface area contributed by atoms with Crippen molar-refractivity contribution in [1.82, 2.24) is 19.9 Å². The van der Waals surface area contributed by atoms with Crippen LogP contribution in [0.4, 0.5) is 0 Å². The highest BCUT2D eigenvalue weighted by molar-refractivity contribution is 5.92. The predicted octanol–water partition coefficient (Wildman–Crippen LogP) is 1.91. The van der Waals surface area contributed by atoms with E-state index in [9.17, 15) is 4.79 Å². The fraction of sp³-hybridized carbons (Fsp3) is 0.471. The van der Waals surface area contributed by atoms with E-state index in [1.165, 1.54) is 5.56 Å². The molecule has 0 atom stereocenters. The summed E-state index contributed by atoms with van der Waals surface area (Å²) in [6, 6.07) is 5.86. The number of rotatable bonds is 4. The molecule has 2 aromatic rings. The summed E-state index contributed by atoms with van der Waals surface area (Å²) in [4.78, 5) is 20.9. The van der Waals surface area contributed by atoms with Crippen molar-refractivity contribution in [3.05, 3.63) is 47.6 Å². The summed E-state index contributed by atoms with van der Waals surface area (Å²) in [5.74, 6) is 1.34. The fourth-order valence-electron chi connectivity index (χ4n) is 2.97. The Bertz CT molecular complexity index is 673. The van der Waals surface area contributed by atoms with Crippen molar-refractivity contribution in [3.63, 3.8) is 0 Å². The molecule has 1 saturated carbocycles. The second kappa shape index (κ2) is 6.12. The number of pyridine rings is 1. The first kappa shape index (κ1) is 14.4. The Morgan fingerprint density at radius 1 is 1.26 bits per heavy atom. The van der Waals surface area contributed by atoms with Gasteiger partial charge in [0.1, 0.15) is 5.76 Å². The minimum atomic E-state index is -0.0123. The van der Waals surface area contributed by atoms with E-state index in [1.807, 2.05) is 23.2 Å². The topological polar surface area (TPSA) is 62.5 Å². The molecule has 6 nitrogen and oxygen atoms in total. The molecule has 0 radical (unpaired) electrons. The summed E-state index contributed by atoms with van der Waals surface area (Å²) >= 11 is 0. The first-order valence-electron chi connectivity index (χ1n) is 8.17. The van der Waals surface area contributed by atoms with Crippen LogP contribution < -0.4 is 0 Å². The molecule has 1 amide bonds. The molecule has 2 aromatic heterocycles. The molecular weight excluding hydrogens is 292 g/mol. The first-order valence-corrected chi connectivity index (χ1v) is 8.17. The van der Waals surface area contributed by atoms with Gasteiger partial charge in [0.2, 0.25) is 0 Å². The maximum atomic E-state index is 12.5. The standard InChI is InChI=1S/C17H20N4O2/c22-17(15-10-16(23-19-15)14-3-4-14)21-8-6-20(7-9-21)12-13-2-1-5-18-11-13/h1-2,5,10-11,14H,3-4,6-9,12H2. The SMILES string of the molecule is O=C(c1cc(C2CC2)on1)N1CCN(Cc2cccnc2)CC1. The van der Waals surface area contributed by atoms with Crippen LogP contribution in [0.5, 0.6) is 0 Å². The maximum absolute atomic E-state index is 12.5. The molecule has 0 bridgehead atoms. The van der Waals surface area contributed by atoms with Crippen molar-refractivity contribution in [3.8, 4) is 0 Å². The minimum Gasteiger partial charge on any atom is -0.360 e. The van der Waals surface area contributed by atoms with Crippen LogP contribution in [-0.4, -0.2) is 52.0 Å². The van der Waals surface area contributed by atoms with E-state index in [0.717, 1.165) is 51.3 Å². The van der Waals surface area contributed by atoms with Gasteiger partial charge < -0.3 is 9.42 Å². The van der Waals surface area contributed by atoms with Crippen molar-refractivity contribution in [2.45, 2.75) is 25.3 Å². The smallest absolute Gasteiger partial charge is 0.276 e. The van der Waals surface area contributed by atoms with Gasteiger partial charge in [0.15, 0.2) is 5.69 Å². The van der Waals surface area contributed by atoms with Crippen molar-refractivity contribution in [2.75, 3.05) is 26.2 Å². The molecule has 2 fully saturated rings. The molecule has 2 aliphatic rings. The van der Waals surface area contributed by atoms with Crippen molar-refractivity contribution >= 4 is 5.91 Å². The lowest BCUT2D eigenvalue weighted by atomic mass is 10.2. The van der Waals surface area contributed by atoms with Crippen LogP contribution in [0, 0.1) is 0 Å². The number of amides is 1. The molecule has 6 heteroatoms. The fourth-order valence-corrected chi connectivity index (χ4v) is 2.97. The number of aromatic nitrogens is 2. The molecule has 1 aliphatic carbocycles. The lowest BCUT2D eigenvalue weighted by molar-refractivity contribution is 0.0618. The van der Waals surface area contributed by atoms with Crippen LogP contribution in [-0.2, 0) is 6.54 Å². The third kappa shape index (κ3) is 3.27. The molecule has 0 unspecified atom stereocenters. The van der Waals surface area contributed by atoms with E-state index in [-0.39, 0.29) is 5.91 Å². The van der Waals surface area contributed by atoms with Gasteiger partial charge in [-0.3, -0.25) is 14.7 Å². The molecular formula is C17H20N4O2. The predicted molar refractivity (Wildman–Crippen MR) is 83.9 cm³/mol. The third-order valence-corrected chi connectivity index (χ3v) is 4.52. The monoisotopic (exact) mass is 312 g/mol. The molecule has 1 aliphatic heterocycles. The van der Waals surface area contributed by atoms with Crippen LogP contribution in [0.25, 0.3) is 0 Å². The van der Waals surface area contributed by atoms with Crippen LogP contribution in [0.3, 0.4) is 0 Å². The highest BCUT2D eigenvalue weighted by Gasteiger charge is 2.30. The van der Waals surface area contributed by atoms with Gasteiger partial charge in [-0.1, -0.05) is 11.2 Å².